The summed E-state index contributed by atoms with van der Waals surface area (Å²) in [6.07, 6.45) is 1.73. The van der Waals surface area contributed by atoms with Crippen molar-refractivity contribution in [3.05, 3.63) is 17.7 Å². The van der Waals surface area contributed by atoms with Crippen LogP contribution in [0.3, 0.4) is 0 Å². The molecule has 2 unspecified atom stereocenters. The van der Waals surface area contributed by atoms with Gasteiger partial charge < -0.3 is 19.9 Å². The quantitative estimate of drug-likeness (QED) is 0.863. The Balaban J connectivity index is 2.29. The molecule has 1 aromatic carbocycles. The molecule has 0 radical (unpaired) electrons. The maximum Gasteiger partial charge on any atom is 0.231 e. The van der Waals surface area contributed by atoms with E-state index in [1.54, 1.807) is 6.07 Å². The Morgan fingerprint density at radius 1 is 1.30 bits per heavy atom. The summed E-state index contributed by atoms with van der Waals surface area (Å²) in [7, 11) is 0. The summed E-state index contributed by atoms with van der Waals surface area (Å²) in [5.41, 5.74) is 6.98. The van der Waals surface area contributed by atoms with Crippen molar-refractivity contribution in [2.75, 3.05) is 6.79 Å². The lowest BCUT2D eigenvalue weighted by atomic mass is 10.0. The lowest BCUT2D eigenvalue weighted by molar-refractivity contribution is 0.173. The molecule has 0 fully saturated rings. The van der Waals surface area contributed by atoms with Crippen LogP contribution in [0.1, 0.15) is 32.3 Å². The summed E-state index contributed by atoms with van der Waals surface area (Å²) < 4.78 is 16.5. The molecule has 0 amide bonds. The molecular weight excluding hydrogens is 256 g/mol. The van der Waals surface area contributed by atoms with Crippen LogP contribution in [0.15, 0.2) is 12.1 Å². The number of ether oxygens (including phenoxy) is 3. The molecule has 2 rings (SSSR count). The molecule has 0 aromatic heterocycles. The number of fused-ring (bicyclic) bond motifs is 1. The lowest BCUT2D eigenvalue weighted by Crippen LogP contribution is -2.22. The van der Waals surface area contributed by atoms with Crippen molar-refractivity contribution in [1.82, 2.24) is 0 Å². The van der Waals surface area contributed by atoms with E-state index in [0.29, 0.717) is 30.1 Å². The van der Waals surface area contributed by atoms with Crippen LogP contribution in [0.5, 0.6) is 17.2 Å². The molecule has 5 heteroatoms. The van der Waals surface area contributed by atoms with Gasteiger partial charge in [-0.3, -0.25) is 0 Å². The predicted octanol–water partition coefficient (Wildman–Crippen LogP) is 2.38. The van der Waals surface area contributed by atoms with Crippen LogP contribution in [-0.4, -0.2) is 18.9 Å². The van der Waals surface area contributed by atoms with Gasteiger partial charge in [0.1, 0.15) is 11.8 Å². The minimum absolute atomic E-state index is 0.0554. The molecular formula is C15H20N2O3. The number of rotatable bonds is 6. The Kier molecular flexibility index (Phi) is 4.70. The highest BCUT2D eigenvalue weighted by Crippen LogP contribution is 2.39. The van der Waals surface area contributed by atoms with Crippen molar-refractivity contribution in [2.45, 2.75) is 45.3 Å². The van der Waals surface area contributed by atoms with Crippen LogP contribution in [0.25, 0.3) is 0 Å². The van der Waals surface area contributed by atoms with Crippen molar-refractivity contribution in [3.8, 4) is 23.3 Å². The molecule has 1 aliphatic heterocycles. The van der Waals surface area contributed by atoms with E-state index >= 15 is 0 Å². The van der Waals surface area contributed by atoms with E-state index in [4.69, 9.17) is 25.2 Å². The smallest absolute Gasteiger partial charge is 0.231 e. The maximum absolute atomic E-state index is 9.04. The molecule has 2 atom stereocenters. The second kappa shape index (κ2) is 6.49. The van der Waals surface area contributed by atoms with Crippen LogP contribution in [0.2, 0.25) is 0 Å². The zero-order chi connectivity index (χ0) is 14.5. The molecule has 1 aromatic rings. The molecule has 108 valence electrons. The first kappa shape index (κ1) is 14.5. The van der Waals surface area contributed by atoms with E-state index in [0.717, 1.165) is 12.0 Å². The van der Waals surface area contributed by atoms with Gasteiger partial charge in [0.25, 0.3) is 0 Å². The second-order valence-electron chi connectivity index (χ2n) is 4.83. The SMILES string of the molecule is CCC(N)Cc1cc2c(cc1OC(C#N)CC)OCO2. The average Bonchev–Trinajstić information content (AvgIpc) is 2.91. The van der Waals surface area contributed by atoms with Gasteiger partial charge >= 0.3 is 0 Å². The first-order valence-corrected chi connectivity index (χ1v) is 6.92. The zero-order valence-electron chi connectivity index (χ0n) is 11.9. The molecule has 1 heterocycles. The van der Waals surface area contributed by atoms with E-state index in [2.05, 4.69) is 6.07 Å². The summed E-state index contributed by atoms with van der Waals surface area (Å²) in [4.78, 5) is 0. The fourth-order valence-corrected chi connectivity index (χ4v) is 2.02. The van der Waals surface area contributed by atoms with Crippen LogP contribution < -0.4 is 19.9 Å². The second-order valence-corrected chi connectivity index (χ2v) is 4.83. The molecule has 20 heavy (non-hydrogen) atoms. The zero-order valence-corrected chi connectivity index (χ0v) is 11.9. The molecule has 0 saturated heterocycles. The third kappa shape index (κ3) is 3.14. The molecule has 1 aliphatic rings. The Morgan fingerprint density at radius 3 is 2.60 bits per heavy atom. The van der Waals surface area contributed by atoms with E-state index in [-0.39, 0.29) is 12.8 Å². The third-order valence-corrected chi connectivity index (χ3v) is 3.35. The number of hydrogen-bond acceptors (Lipinski definition) is 5. The first-order valence-electron chi connectivity index (χ1n) is 6.92. The van der Waals surface area contributed by atoms with Crippen molar-refractivity contribution in [3.63, 3.8) is 0 Å². The summed E-state index contributed by atoms with van der Waals surface area (Å²) in [5, 5.41) is 9.04. The summed E-state index contributed by atoms with van der Waals surface area (Å²) in [6, 6.07) is 5.88. The lowest BCUT2D eigenvalue weighted by Gasteiger charge is -2.17. The topological polar surface area (TPSA) is 77.5 Å². The number of nitrogens with zero attached hydrogens (tertiary/aromatic N) is 1. The van der Waals surface area contributed by atoms with E-state index < -0.39 is 6.10 Å². The largest absolute Gasteiger partial charge is 0.475 e. The fourth-order valence-electron chi connectivity index (χ4n) is 2.02. The molecule has 0 aliphatic carbocycles. The van der Waals surface area contributed by atoms with Gasteiger partial charge in [-0.1, -0.05) is 13.8 Å². The number of nitriles is 1. The molecule has 5 nitrogen and oxygen atoms in total. The Morgan fingerprint density at radius 2 is 2.00 bits per heavy atom. The molecule has 2 N–H and O–H groups in total. The van der Waals surface area contributed by atoms with E-state index in [1.165, 1.54) is 0 Å². The average molecular weight is 276 g/mol. The predicted molar refractivity (Wildman–Crippen MR) is 74.9 cm³/mol. The summed E-state index contributed by atoms with van der Waals surface area (Å²) in [5.74, 6) is 2.02. The van der Waals surface area contributed by atoms with Crippen molar-refractivity contribution >= 4 is 0 Å². The van der Waals surface area contributed by atoms with Crippen LogP contribution in [0.4, 0.5) is 0 Å². The van der Waals surface area contributed by atoms with Gasteiger partial charge in [0.2, 0.25) is 6.79 Å². The first-order chi connectivity index (χ1) is 9.67. The van der Waals surface area contributed by atoms with Gasteiger partial charge in [0.15, 0.2) is 17.6 Å². The monoisotopic (exact) mass is 276 g/mol. The van der Waals surface area contributed by atoms with E-state index in [1.807, 2.05) is 19.9 Å². The van der Waals surface area contributed by atoms with Crippen molar-refractivity contribution < 1.29 is 14.2 Å². The highest BCUT2D eigenvalue weighted by Gasteiger charge is 2.20. The Hall–Kier alpha value is -1.93. The standard InChI is InChI=1S/C15H20N2O3/c1-3-11(17)5-10-6-14-15(19-9-18-14)7-13(10)20-12(4-2)8-16/h6-7,11-12H,3-5,9,17H2,1-2H3. The number of nitrogens with two attached hydrogens (primary N) is 1. The maximum atomic E-state index is 9.04. The van der Waals surface area contributed by atoms with Crippen molar-refractivity contribution in [1.29, 1.82) is 5.26 Å². The molecule has 0 bridgehead atoms. The Bertz CT molecular complexity index is 511. The summed E-state index contributed by atoms with van der Waals surface area (Å²) in [6.45, 7) is 4.17. The van der Waals surface area contributed by atoms with Gasteiger partial charge in [0.05, 0.1) is 0 Å². The highest BCUT2D eigenvalue weighted by atomic mass is 16.7. The van der Waals surface area contributed by atoms with E-state index in [9.17, 15) is 0 Å². The normalized spacial score (nSPS) is 15.5. The van der Waals surface area contributed by atoms with Gasteiger partial charge in [-0.25, -0.2) is 0 Å². The highest BCUT2D eigenvalue weighted by molar-refractivity contribution is 5.52. The Labute approximate surface area is 119 Å². The van der Waals surface area contributed by atoms with Gasteiger partial charge in [0, 0.05) is 12.1 Å². The van der Waals surface area contributed by atoms with Gasteiger partial charge in [-0.15, -0.1) is 0 Å². The van der Waals surface area contributed by atoms with Gasteiger partial charge in [-0.2, -0.15) is 5.26 Å². The van der Waals surface area contributed by atoms with Crippen LogP contribution in [-0.2, 0) is 6.42 Å². The minimum atomic E-state index is -0.466. The molecule has 0 spiro atoms. The summed E-state index contributed by atoms with van der Waals surface area (Å²) >= 11 is 0. The van der Waals surface area contributed by atoms with Gasteiger partial charge in [-0.05, 0) is 30.9 Å². The number of hydrogen-bond donors (Lipinski definition) is 1. The third-order valence-electron chi connectivity index (χ3n) is 3.35. The fraction of sp³-hybridized carbons (Fsp3) is 0.533. The minimum Gasteiger partial charge on any atom is -0.475 e. The molecule has 0 saturated carbocycles. The van der Waals surface area contributed by atoms with Crippen LogP contribution >= 0.6 is 0 Å². The number of benzene rings is 1. The van der Waals surface area contributed by atoms with Crippen molar-refractivity contribution in [2.24, 2.45) is 5.73 Å². The van der Waals surface area contributed by atoms with Crippen LogP contribution in [0, 0.1) is 11.3 Å².